The van der Waals surface area contributed by atoms with Crippen molar-refractivity contribution in [3.8, 4) is 0 Å². The van der Waals surface area contributed by atoms with Crippen LogP contribution in [0.4, 0.5) is 0 Å². The highest BCUT2D eigenvalue weighted by Crippen LogP contribution is 2.11. The zero-order chi connectivity index (χ0) is 25.1. The van der Waals surface area contributed by atoms with Gasteiger partial charge >= 0.3 is 5.97 Å². The van der Waals surface area contributed by atoms with E-state index in [9.17, 15) is 19.2 Å². The molecule has 0 rings (SSSR count). The fourth-order valence-electron chi connectivity index (χ4n) is 3.26. The number of aliphatic carboxylic acids is 1. The topological polar surface area (TPSA) is 125 Å². The van der Waals surface area contributed by atoms with Crippen LogP contribution in [0, 0.1) is 0 Å². The molecule has 0 heterocycles. The Bertz CT molecular complexity index is 585. The molecule has 0 aliphatic carbocycles. The summed E-state index contributed by atoms with van der Waals surface area (Å²) in [4.78, 5) is 49.5. The fourth-order valence-corrected chi connectivity index (χ4v) is 3.26. The molecule has 0 aromatic carbocycles. The first-order chi connectivity index (χ1) is 15.7. The molecule has 3 amide bonds. The summed E-state index contributed by atoms with van der Waals surface area (Å²) < 4.78 is 5.61. The molecule has 0 saturated carbocycles. The Morgan fingerprint density at radius 3 is 2.03 bits per heavy atom. The molecule has 0 radical (unpaired) electrons. The van der Waals surface area contributed by atoms with E-state index in [1.54, 1.807) is 7.05 Å². The third-order valence-corrected chi connectivity index (χ3v) is 5.49. The first kappa shape index (κ1) is 30.8. The van der Waals surface area contributed by atoms with Gasteiger partial charge in [-0.3, -0.25) is 19.2 Å². The van der Waals surface area contributed by atoms with E-state index in [4.69, 9.17) is 9.84 Å². The van der Waals surface area contributed by atoms with Gasteiger partial charge in [-0.05, 0) is 19.8 Å². The minimum Gasteiger partial charge on any atom is -0.480 e. The van der Waals surface area contributed by atoms with Crippen molar-refractivity contribution in [2.24, 2.45) is 0 Å². The molecule has 0 spiro atoms. The van der Waals surface area contributed by atoms with Crippen LogP contribution in [0.25, 0.3) is 0 Å². The number of carboxylic acid groups (broad SMARTS) is 1. The second-order valence-electron chi connectivity index (χ2n) is 8.52. The minimum atomic E-state index is -1.17. The number of carbonyl (C=O) groups is 4. The highest BCUT2D eigenvalue weighted by molar-refractivity contribution is 5.92. The average Bonchev–Trinajstić information content (AvgIpc) is 2.78. The zero-order valence-corrected chi connectivity index (χ0v) is 21.0. The number of hydrogen-bond acceptors (Lipinski definition) is 5. The largest absolute Gasteiger partial charge is 0.480 e. The van der Waals surface area contributed by atoms with Crippen LogP contribution in [0.1, 0.15) is 91.4 Å². The van der Waals surface area contributed by atoms with Crippen molar-refractivity contribution >= 4 is 23.7 Å². The highest BCUT2D eigenvalue weighted by atomic mass is 16.5. The molecule has 2 atom stereocenters. The third kappa shape index (κ3) is 15.3. The summed E-state index contributed by atoms with van der Waals surface area (Å²) in [5.74, 6) is -2.42. The van der Waals surface area contributed by atoms with Crippen LogP contribution in [0.15, 0.2) is 0 Å². The first-order valence-corrected chi connectivity index (χ1v) is 12.4. The molecule has 33 heavy (non-hydrogen) atoms. The summed E-state index contributed by atoms with van der Waals surface area (Å²) >= 11 is 0. The van der Waals surface area contributed by atoms with E-state index in [0.717, 1.165) is 32.1 Å². The highest BCUT2D eigenvalue weighted by Gasteiger charge is 2.29. The van der Waals surface area contributed by atoms with Crippen molar-refractivity contribution in [1.82, 2.24) is 15.5 Å². The maximum absolute atomic E-state index is 12.8. The Morgan fingerprint density at radius 2 is 1.45 bits per heavy atom. The number of rotatable bonds is 20. The second kappa shape index (κ2) is 19.3. The number of amides is 3. The molecule has 0 aliphatic rings. The van der Waals surface area contributed by atoms with E-state index in [2.05, 4.69) is 17.6 Å². The number of ether oxygens (including phenoxy) is 1. The van der Waals surface area contributed by atoms with E-state index < -0.39 is 36.4 Å². The minimum absolute atomic E-state index is 0.0367. The van der Waals surface area contributed by atoms with E-state index in [1.165, 1.54) is 43.9 Å². The van der Waals surface area contributed by atoms with E-state index in [-0.39, 0.29) is 12.5 Å². The molecule has 192 valence electrons. The molecule has 0 bridgehead atoms. The molecule has 0 aromatic rings. The molecule has 0 fully saturated rings. The smallest absolute Gasteiger partial charge is 0.322 e. The van der Waals surface area contributed by atoms with Crippen molar-refractivity contribution in [3.63, 3.8) is 0 Å². The number of hydrogen-bond donors (Lipinski definition) is 3. The summed E-state index contributed by atoms with van der Waals surface area (Å²) in [5, 5.41) is 13.5. The van der Waals surface area contributed by atoms with Gasteiger partial charge in [-0.2, -0.15) is 0 Å². The summed E-state index contributed by atoms with van der Waals surface area (Å²) in [6, 6.07) is -1.80. The predicted molar refractivity (Wildman–Crippen MR) is 128 cm³/mol. The quantitative estimate of drug-likeness (QED) is 0.235. The molecule has 9 heteroatoms. The van der Waals surface area contributed by atoms with Crippen LogP contribution in [-0.4, -0.2) is 72.6 Å². The normalized spacial score (nSPS) is 12.6. The van der Waals surface area contributed by atoms with Crippen LogP contribution in [-0.2, 0) is 23.9 Å². The standard InChI is InChI=1S/C24H45N3O6/c1-5-7-9-10-11-12-13-14-15-21(28)27(4)20(18-33-16-8-6-2)24(32)26-19(3)23(31)25-17-22(29)30/h19-20H,5-18H2,1-4H3,(H,25,31)(H,26,32)(H,29,30)/t19-,20-/m1/s1. The van der Waals surface area contributed by atoms with Crippen LogP contribution in [0.3, 0.4) is 0 Å². The molecule has 9 nitrogen and oxygen atoms in total. The molecular formula is C24H45N3O6. The number of unbranched alkanes of at least 4 members (excludes halogenated alkanes) is 8. The van der Waals surface area contributed by atoms with Crippen molar-refractivity contribution < 1.29 is 29.0 Å². The van der Waals surface area contributed by atoms with Gasteiger partial charge in [0.15, 0.2) is 0 Å². The second-order valence-corrected chi connectivity index (χ2v) is 8.52. The Labute approximate surface area is 199 Å². The van der Waals surface area contributed by atoms with Crippen molar-refractivity contribution in [2.45, 2.75) is 103 Å². The maximum atomic E-state index is 12.8. The van der Waals surface area contributed by atoms with E-state index in [1.807, 2.05) is 6.92 Å². The molecule has 0 unspecified atom stereocenters. The maximum Gasteiger partial charge on any atom is 0.322 e. The van der Waals surface area contributed by atoms with Gasteiger partial charge in [0.25, 0.3) is 0 Å². The third-order valence-electron chi connectivity index (χ3n) is 5.49. The summed E-state index contributed by atoms with van der Waals surface area (Å²) in [5.41, 5.74) is 0. The van der Waals surface area contributed by atoms with Gasteiger partial charge in [-0.1, -0.05) is 65.2 Å². The van der Waals surface area contributed by atoms with Crippen LogP contribution < -0.4 is 10.6 Å². The first-order valence-electron chi connectivity index (χ1n) is 12.4. The van der Waals surface area contributed by atoms with E-state index >= 15 is 0 Å². The van der Waals surface area contributed by atoms with Gasteiger partial charge in [0.2, 0.25) is 17.7 Å². The fraction of sp³-hybridized carbons (Fsp3) is 0.833. The Morgan fingerprint density at radius 1 is 0.879 bits per heavy atom. The van der Waals surface area contributed by atoms with Crippen LogP contribution >= 0.6 is 0 Å². The molecule has 3 N–H and O–H groups in total. The van der Waals surface area contributed by atoms with E-state index in [0.29, 0.717) is 13.0 Å². The lowest BCUT2D eigenvalue weighted by Gasteiger charge is -2.28. The van der Waals surface area contributed by atoms with Gasteiger partial charge in [0.05, 0.1) is 6.61 Å². The number of carbonyl (C=O) groups excluding carboxylic acids is 3. The molecule has 0 aliphatic heterocycles. The Kier molecular flexibility index (Phi) is 18.1. The van der Waals surface area contributed by atoms with Gasteiger partial charge in [0.1, 0.15) is 18.6 Å². The summed E-state index contributed by atoms with van der Waals surface area (Å²) in [7, 11) is 1.58. The molecule has 0 saturated heterocycles. The molecular weight excluding hydrogens is 426 g/mol. The predicted octanol–water partition coefficient (Wildman–Crippen LogP) is 2.87. The van der Waals surface area contributed by atoms with Crippen molar-refractivity contribution in [2.75, 3.05) is 26.8 Å². The molecule has 0 aromatic heterocycles. The number of nitrogens with one attached hydrogen (secondary N) is 2. The zero-order valence-electron chi connectivity index (χ0n) is 21.0. The van der Waals surface area contributed by atoms with Crippen molar-refractivity contribution in [1.29, 1.82) is 0 Å². The summed E-state index contributed by atoms with van der Waals surface area (Å²) in [6.07, 6.45) is 11.2. The van der Waals surface area contributed by atoms with Crippen molar-refractivity contribution in [3.05, 3.63) is 0 Å². The number of likely N-dealkylation sites (N-methyl/N-ethyl adjacent to an activating group) is 1. The number of nitrogens with zero attached hydrogens (tertiary/aromatic N) is 1. The average molecular weight is 472 g/mol. The SMILES string of the molecule is CCCCCCCCCCC(=O)N(C)[C@H](COCCCC)C(=O)N[C@H](C)C(=O)NCC(=O)O. The lowest BCUT2D eigenvalue weighted by Crippen LogP contribution is -2.55. The van der Waals surface area contributed by atoms with Crippen LogP contribution in [0.2, 0.25) is 0 Å². The number of carboxylic acids is 1. The van der Waals surface area contributed by atoms with Gasteiger partial charge in [-0.25, -0.2) is 0 Å². The Hall–Kier alpha value is -2.16. The van der Waals surface area contributed by atoms with Gasteiger partial charge < -0.3 is 25.4 Å². The lowest BCUT2D eigenvalue weighted by molar-refractivity contribution is -0.142. The monoisotopic (exact) mass is 471 g/mol. The van der Waals surface area contributed by atoms with Crippen LogP contribution in [0.5, 0.6) is 0 Å². The lowest BCUT2D eigenvalue weighted by atomic mass is 10.1. The van der Waals surface area contributed by atoms with Gasteiger partial charge in [0, 0.05) is 20.1 Å². The van der Waals surface area contributed by atoms with Gasteiger partial charge in [-0.15, -0.1) is 0 Å². The summed E-state index contributed by atoms with van der Waals surface area (Å²) in [6.45, 7) is 5.68. The Balaban J connectivity index is 4.71.